The van der Waals surface area contributed by atoms with E-state index < -0.39 is 0 Å². The SMILES string of the molecule is O=C(CNCC1CC1)Nc1nc2c(s1)CC(c1ccccc1)CC2. The summed E-state index contributed by atoms with van der Waals surface area (Å²) in [5, 5.41) is 6.93. The van der Waals surface area contributed by atoms with E-state index in [0.29, 0.717) is 12.5 Å². The Bertz CT molecular complexity index is 709. The van der Waals surface area contributed by atoms with Gasteiger partial charge in [-0.1, -0.05) is 30.3 Å². The van der Waals surface area contributed by atoms with Crippen LogP contribution in [0.1, 0.15) is 41.3 Å². The summed E-state index contributed by atoms with van der Waals surface area (Å²) in [4.78, 5) is 18.0. The van der Waals surface area contributed by atoms with Crippen LogP contribution in [-0.4, -0.2) is 24.0 Å². The van der Waals surface area contributed by atoms with Gasteiger partial charge in [-0.2, -0.15) is 0 Å². The van der Waals surface area contributed by atoms with Crippen LogP contribution in [0.4, 0.5) is 5.13 Å². The van der Waals surface area contributed by atoms with Crippen LogP contribution in [0.3, 0.4) is 0 Å². The lowest BCUT2D eigenvalue weighted by atomic mass is 9.85. The smallest absolute Gasteiger partial charge is 0.240 e. The zero-order chi connectivity index (χ0) is 16.4. The highest BCUT2D eigenvalue weighted by Crippen LogP contribution is 2.36. The van der Waals surface area contributed by atoms with Crippen molar-refractivity contribution in [1.82, 2.24) is 10.3 Å². The minimum Gasteiger partial charge on any atom is -0.308 e. The maximum atomic E-state index is 12.0. The minimum absolute atomic E-state index is 0.0151. The number of aryl methyl sites for hydroxylation is 1. The van der Waals surface area contributed by atoms with Gasteiger partial charge in [-0.3, -0.25) is 4.79 Å². The number of benzene rings is 1. The van der Waals surface area contributed by atoms with Gasteiger partial charge in [-0.25, -0.2) is 4.98 Å². The third-order valence-electron chi connectivity index (χ3n) is 4.87. The first-order valence-electron chi connectivity index (χ1n) is 8.82. The number of carbonyl (C=O) groups is 1. The molecule has 0 spiro atoms. The van der Waals surface area contributed by atoms with Gasteiger partial charge in [0.05, 0.1) is 12.2 Å². The van der Waals surface area contributed by atoms with Crippen LogP contribution in [0, 0.1) is 5.92 Å². The number of hydrogen-bond donors (Lipinski definition) is 2. The average Bonchev–Trinajstić information content (AvgIpc) is 3.33. The van der Waals surface area contributed by atoms with Crippen molar-refractivity contribution in [2.24, 2.45) is 5.92 Å². The van der Waals surface area contributed by atoms with Crippen LogP contribution < -0.4 is 10.6 Å². The summed E-state index contributed by atoms with van der Waals surface area (Å²) in [5.74, 6) is 1.38. The number of anilines is 1. The van der Waals surface area contributed by atoms with Crippen molar-refractivity contribution in [2.75, 3.05) is 18.4 Å². The van der Waals surface area contributed by atoms with Crippen LogP contribution in [-0.2, 0) is 17.6 Å². The molecule has 1 aromatic heterocycles. The number of nitrogens with one attached hydrogen (secondary N) is 2. The summed E-state index contributed by atoms with van der Waals surface area (Å²) < 4.78 is 0. The third kappa shape index (κ3) is 3.84. The predicted octanol–water partition coefficient (Wildman–Crippen LogP) is 3.35. The van der Waals surface area contributed by atoms with E-state index in [2.05, 4.69) is 45.9 Å². The largest absolute Gasteiger partial charge is 0.308 e. The van der Waals surface area contributed by atoms with E-state index in [1.165, 1.54) is 29.0 Å². The van der Waals surface area contributed by atoms with Crippen molar-refractivity contribution in [3.05, 3.63) is 46.5 Å². The number of carbonyl (C=O) groups excluding carboxylic acids is 1. The zero-order valence-corrected chi connectivity index (χ0v) is 14.6. The number of fused-ring (bicyclic) bond motifs is 1. The summed E-state index contributed by atoms with van der Waals surface area (Å²) in [6.45, 7) is 1.34. The molecule has 2 aliphatic carbocycles. The number of nitrogens with zero attached hydrogens (tertiary/aromatic N) is 1. The van der Waals surface area contributed by atoms with Crippen molar-refractivity contribution in [1.29, 1.82) is 0 Å². The second-order valence-electron chi connectivity index (χ2n) is 6.86. The van der Waals surface area contributed by atoms with E-state index in [1.807, 2.05) is 0 Å². The van der Waals surface area contributed by atoms with Gasteiger partial charge in [0.25, 0.3) is 0 Å². The normalized spacial score (nSPS) is 19.8. The van der Waals surface area contributed by atoms with Gasteiger partial charge >= 0.3 is 0 Å². The third-order valence-corrected chi connectivity index (χ3v) is 5.91. The Labute approximate surface area is 146 Å². The van der Waals surface area contributed by atoms with Crippen molar-refractivity contribution in [3.8, 4) is 0 Å². The Morgan fingerprint density at radius 1 is 1.21 bits per heavy atom. The van der Waals surface area contributed by atoms with Crippen LogP contribution in [0.25, 0.3) is 0 Å². The van der Waals surface area contributed by atoms with E-state index >= 15 is 0 Å². The van der Waals surface area contributed by atoms with Crippen molar-refractivity contribution >= 4 is 22.4 Å². The molecular weight excluding hydrogens is 318 g/mol. The van der Waals surface area contributed by atoms with Crippen molar-refractivity contribution < 1.29 is 4.79 Å². The summed E-state index contributed by atoms with van der Waals surface area (Å²) >= 11 is 1.64. The summed E-state index contributed by atoms with van der Waals surface area (Å²) in [5.41, 5.74) is 2.58. The lowest BCUT2D eigenvalue weighted by Gasteiger charge is -2.21. The second kappa shape index (κ2) is 7.03. The molecule has 2 N–H and O–H groups in total. The zero-order valence-electron chi connectivity index (χ0n) is 13.8. The molecule has 1 atom stereocenters. The molecule has 0 radical (unpaired) electrons. The molecule has 2 aromatic rings. The fourth-order valence-corrected chi connectivity index (χ4v) is 4.42. The van der Waals surface area contributed by atoms with Gasteiger partial charge in [0, 0.05) is 4.88 Å². The van der Waals surface area contributed by atoms with E-state index in [0.717, 1.165) is 36.9 Å². The molecule has 1 saturated carbocycles. The van der Waals surface area contributed by atoms with Gasteiger partial charge in [-0.05, 0) is 56.0 Å². The van der Waals surface area contributed by atoms with E-state index in [1.54, 1.807) is 11.3 Å². The second-order valence-corrected chi connectivity index (χ2v) is 7.95. The lowest BCUT2D eigenvalue weighted by Crippen LogP contribution is -2.29. The topological polar surface area (TPSA) is 54.0 Å². The molecular formula is C19H23N3OS. The summed E-state index contributed by atoms with van der Waals surface area (Å²) in [7, 11) is 0. The molecule has 126 valence electrons. The Morgan fingerprint density at radius 3 is 2.83 bits per heavy atom. The maximum Gasteiger partial charge on any atom is 0.240 e. The van der Waals surface area contributed by atoms with Crippen molar-refractivity contribution in [3.63, 3.8) is 0 Å². The van der Waals surface area contributed by atoms with E-state index in [-0.39, 0.29) is 5.91 Å². The molecule has 1 unspecified atom stereocenters. The number of thiazole rings is 1. The molecule has 1 amide bonds. The highest BCUT2D eigenvalue weighted by Gasteiger charge is 2.24. The van der Waals surface area contributed by atoms with Crippen molar-refractivity contribution in [2.45, 2.75) is 38.0 Å². The number of rotatable bonds is 6. The molecule has 1 fully saturated rings. The van der Waals surface area contributed by atoms with E-state index in [9.17, 15) is 4.79 Å². The molecule has 4 nitrogen and oxygen atoms in total. The molecule has 24 heavy (non-hydrogen) atoms. The van der Waals surface area contributed by atoms with Crippen LogP contribution >= 0.6 is 11.3 Å². The van der Waals surface area contributed by atoms with Gasteiger partial charge in [0.2, 0.25) is 5.91 Å². The van der Waals surface area contributed by atoms with Crippen LogP contribution in [0.2, 0.25) is 0 Å². The fraction of sp³-hybridized carbons (Fsp3) is 0.474. The van der Waals surface area contributed by atoms with Gasteiger partial charge in [0.1, 0.15) is 0 Å². The minimum atomic E-state index is 0.0151. The highest BCUT2D eigenvalue weighted by atomic mass is 32.1. The first kappa shape index (κ1) is 15.8. The first-order chi connectivity index (χ1) is 11.8. The molecule has 2 aliphatic rings. The Morgan fingerprint density at radius 2 is 2.04 bits per heavy atom. The van der Waals surface area contributed by atoms with Gasteiger partial charge < -0.3 is 10.6 Å². The monoisotopic (exact) mass is 341 g/mol. The Hall–Kier alpha value is -1.72. The molecule has 1 aromatic carbocycles. The molecule has 5 heteroatoms. The molecule has 0 aliphatic heterocycles. The molecule has 0 bridgehead atoms. The molecule has 0 saturated heterocycles. The summed E-state index contributed by atoms with van der Waals surface area (Å²) in [6, 6.07) is 10.7. The number of aromatic nitrogens is 1. The van der Waals surface area contributed by atoms with Crippen LogP contribution in [0.15, 0.2) is 30.3 Å². The maximum absolute atomic E-state index is 12.0. The lowest BCUT2D eigenvalue weighted by molar-refractivity contribution is -0.115. The van der Waals surface area contributed by atoms with E-state index in [4.69, 9.17) is 0 Å². The summed E-state index contributed by atoms with van der Waals surface area (Å²) in [6.07, 6.45) is 5.78. The molecule has 1 heterocycles. The standard InChI is InChI=1S/C19H23N3OS/c23-18(12-20-11-13-6-7-13)22-19-21-16-9-8-15(10-17(16)24-19)14-4-2-1-3-5-14/h1-5,13,15,20H,6-12H2,(H,21,22,23). The Kier molecular flexibility index (Phi) is 4.63. The predicted molar refractivity (Wildman–Crippen MR) is 97.5 cm³/mol. The highest BCUT2D eigenvalue weighted by molar-refractivity contribution is 7.15. The van der Waals surface area contributed by atoms with Gasteiger partial charge in [0.15, 0.2) is 5.13 Å². The van der Waals surface area contributed by atoms with Crippen LogP contribution in [0.5, 0.6) is 0 Å². The van der Waals surface area contributed by atoms with Gasteiger partial charge in [-0.15, -0.1) is 11.3 Å². The quantitative estimate of drug-likeness (QED) is 0.847. The molecule has 4 rings (SSSR count). The number of amides is 1. The first-order valence-corrected chi connectivity index (χ1v) is 9.63. The number of hydrogen-bond acceptors (Lipinski definition) is 4. The fourth-order valence-electron chi connectivity index (χ4n) is 3.31. The average molecular weight is 341 g/mol. The Balaban J connectivity index is 1.34.